The van der Waals surface area contributed by atoms with Crippen LogP contribution in [0.25, 0.3) is 6.08 Å². The van der Waals surface area contributed by atoms with Crippen LogP contribution in [0.1, 0.15) is 28.0 Å². The van der Waals surface area contributed by atoms with E-state index >= 15 is 0 Å². The molecule has 1 aliphatic carbocycles. The Kier molecular flexibility index (Phi) is 3.06. The Balaban J connectivity index is 1.83. The molecule has 1 aromatic rings. The lowest BCUT2D eigenvalue weighted by Crippen LogP contribution is -2.18. The van der Waals surface area contributed by atoms with Gasteiger partial charge in [-0.05, 0) is 0 Å². The lowest BCUT2D eigenvalue weighted by molar-refractivity contribution is 0.0270. The molecule has 1 fully saturated rings. The van der Waals surface area contributed by atoms with Gasteiger partial charge in [0, 0.05) is 24.6 Å². The average molecular weight is 266 g/mol. The molecule has 0 radical (unpaired) electrons. The van der Waals surface area contributed by atoms with E-state index in [1.165, 1.54) is 6.20 Å². The molecule has 0 N–H and O–H groups in total. The minimum Gasteiger partial charge on any atom is -0.456 e. The third-order valence-electron chi connectivity index (χ3n) is 3.11. The van der Waals surface area contributed by atoms with Crippen molar-refractivity contribution in [3.63, 3.8) is 0 Å². The van der Waals surface area contributed by atoms with Gasteiger partial charge >= 0.3 is 5.97 Å². The molecule has 2 heterocycles. The fraction of sp³-hybridized carbons (Fsp3) is 0.385. The van der Waals surface area contributed by atoms with Crippen molar-refractivity contribution in [2.75, 3.05) is 13.2 Å². The van der Waals surface area contributed by atoms with Gasteiger partial charge in [-0.15, -0.1) is 0 Å². The summed E-state index contributed by atoms with van der Waals surface area (Å²) in [5.41, 5.74) is 2.06. The van der Waals surface area contributed by atoms with Crippen LogP contribution in [0.4, 0.5) is 0 Å². The Morgan fingerprint density at radius 2 is 2.44 bits per heavy atom. The van der Waals surface area contributed by atoms with Crippen LogP contribution in [0.2, 0.25) is 5.02 Å². The van der Waals surface area contributed by atoms with Gasteiger partial charge in [-0.25, -0.2) is 4.79 Å². The van der Waals surface area contributed by atoms with Gasteiger partial charge < -0.3 is 9.47 Å². The van der Waals surface area contributed by atoms with Crippen molar-refractivity contribution < 1.29 is 14.3 Å². The van der Waals surface area contributed by atoms with E-state index in [2.05, 4.69) is 4.98 Å². The Morgan fingerprint density at radius 3 is 3.22 bits per heavy atom. The van der Waals surface area contributed by atoms with E-state index in [-0.39, 0.29) is 6.10 Å². The van der Waals surface area contributed by atoms with Crippen molar-refractivity contribution in [3.8, 4) is 0 Å². The first-order valence-electron chi connectivity index (χ1n) is 5.88. The summed E-state index contributed by atoms with van der Waals surface area (Å²) in [6, 6.07) is 0. The number of aromatic nitrogens is 1. The van der Waals surface area contributed by atoms with Crippen molar-refractivity contribution in [2.24, 2.45) is 0 Å². The predicted octanol–water partition coefficient (Wildman–Crippen LogP) is 2.25. The quantitative estimate of drug-likeness (QED) is 0.770. The van der Waals surface area contributed by atoms with E-state index in [0.29, 0.717) is 23.8 Å². The topological polar surface area (TPSA) is 48.4 Å². The smallest absolute Gasteiger partial charge is 0.341 e. The number of carbonyl (C=O) groups excluding carboxylic acids is 1. The highest BCUT2D eigenvalue weighted by atomic mass is 35.5. The van der Waals surface area contributed by atoms with E-state index in [0.717, 1.165) is 24.1 Å². The highest BCUT2D eigenvalue weighted by Gasteiger charge is 2.24. The number of esters is 1. The van der Waals surface area contributed by atoms with E-state index in [4.69, 9.17) is 21.1 Å². The molecule has 1 saturated heterocycles. The first-order chi connectivity index (χ1) is 8.75. The SMILES string of the molecule is O=C(O[C@H]1CCOC1)c1cnc2c(c1Cl)C=CC2. The maximum Gasteiger partial charge on any atom is 0.341 e. The first-order valence-corrected chi connectivity index (χ1v) is 6.26. The summed E-state index contributed by atoms with van der Waals surface area (Å²) in [6.45, 7) is 1.10. The molecule has 0 amide bonds. The van der Waals surface area contributed by atoms with Gasteiger partial charge in [-0.3, -0.25) is 4.98 Å². The van der Waals surface area contributed by atoms with Crippen LogP contribution in [0, 0.1) is 0 Å². The number of allylic oxidation sites excluding steroid dienone is 1. The van der Waals surface area contributed by atoms with Crippen LogP contribution in [0.15, 0.2) is 12.3 Å². The van der Waals surface area contributed by atoms with E-state index in [9.17, 15) is 4.79 Å². The number of halogens is 1. The second kappa shape index (κ2) is 4.71. The minimum absolute atomic E-state index is 0.169. The van der Waals surface area contributed by atoms with Gasteiger partial charge in [0.2, 0.25) is 0 Å². The van der Waals surface area contributed by atoms with E-state index < -0.39 is 5.97 Å². The van der Waals surface area contributed by atoms with Crippen LogP contribution in [0.5, 0.6) is 0 Å². The zero-order valence-corrected chi connectivity index (χ0v) is 10.4. The Morgan fingerprint density at radius 1 is 1.56 bits per heavy atom. The van der Waals surface area contributed by atoms with Gasteiger partial charge in [0.25, 0.3) is 0 Å². The summed E-state index contributed by atoms with van der Waals surface area (Å²) in [5, 5.41) is 0.428. The van der Waals surface area contributed by atoms with Crippen LogP contribution >= 0.6 is 11.6 Å². The highest BCUT2D eigenvalue weighted by Crippen LogP contribution is 2.29. The van der Waals surface area contributed by atoms with Crippen molar-refractivity contribution in [1.82, 2.24) is 4.98 Å². The largest absolute Gasteiger partial charge is 0.456 e. The van der Waals surface area contributed by atoms with Crippen LogP contribution < -0.4 is 0 Å². The molecule has 94 valence electrons. The summed E-state index contributed by atoms with van der Waals surface area (Å²) in [5.74, 6) is -0.425. The average Bonchev–Trinajstić information content (AvgIpc) is 2.99. The number of carbonyl (C=O) groups is 1. The normalized spacial score (nSPS) is 21.1. The number of nitrogens with zero attached hydrogens (tertiary/aromatic N) is 1. The molecule has 0 saturated carbocycles. The third kappa shape index (κ3) is 2.02. The Bertz CT molecular complexity index is 521. The summed E-state index contributed by atoms with van der Waals surface area (Å²) in [6.07, 6.45) is 6.69. The van der Waals surface area contributed by atoms with Crippen LogP contribution in [-0.4, -0.2) is 30.3 Å². The van der Waals surface area contributed by atoms with Gasteiger partial charge in [-0.2, -0.15) is 0 Å². The molecule has 18 heavy (non-hydrogen) atoms. The highest BCUT2D eigenvalue weighted by molar-refractivity contribution is 6.35. The standard InChI is InChI=1S/C13H12ClNO3/c14-12-9-2-1-3-11(9)15-6-10(12)13(16)18-8-4-5-17-7-8/h1-2,6,8H,3-5,7H2/t8-/m0/s1. The van der Waals surface area contributed by atoms with Crippen molar-refractivity contribution >= 4 is 23.6 Å². The second-order valence-electron chi connectivity index (χ2n) is 4.34. The third-order valence-corrected chi connectivity index (χ3v) is 3.52. The molecule has 0 aromatic carbocycles. The molecule has 1 aromatic heterocycles. The summed E-state index contributed by atoms with van der Waals surface area (Å²) in [4.78, 5) is 16.2. The molecular formula is C13H12ClNO3. The maximum atomic E-state index is 12.0. The fourth-order valence-corrected chi connectivity index (χ4v) is 2.42. The van der Waals surface area contributed by atoms with Crippen molar-refractivity contribution in [1.29, 1.82) is 0 Å². The lowest BCUT2D eigenvalue weighted by atomic mass is 10.1. The van der Waals surface area contributed by atoms with Crippen LogP contribution in [-0.2, 0) is 15.9 Å². The van der Waals surface area contributed by atoms with Gasteiger partial charge in [0.05, 0.1) is 29.5 Å². The number of hydrogen-bond donors (Lipinski definition) is 0. The van der Waals surface area contributed by atoms with E-state index in [1.54, 1.807) is 0 Å². The molecule has 1 atom stereocenters. The molecule has 0 bridgehead atoms. The zero-order valence-electron chi connectivity index (χ0n) is 9.69. The fourth-order valence-electron chi connectivity index (χ4n) is 2.12. The number of fused-ring (bicyclic) bond motifs is 1. The Hall–Kier alpha value is -1.39. The molecule has 0 spiro atoms. The molecular weight excluding hydrogens is 254 g/mol. The summed E-state index contributed by atoms with van der Waals surface area (Å²) < 4.78 is 10.5. The van der Waals surface area contributed by atoms with Crippen molar-refractivity contribution in [3.05, 3.63) is 34.1 Å². The zero-order chi connectivity index (χ0) is 12.5. The Labute approximate surface area is 110 Å². The monoisotopic (exact) mass is 265 g/mol. The molecule has 4 nitrogen and oxygen atoms in total. The lowest BCUT2D eigenvalue weighted by Gasteiger charge is -2.12. The molecule has 0 unspecified atom stereocenters. The van der Waals surface area contributed by atoms with E-state index in [1.807, 2.05) is 12.2 Å². The van der Waals surface area contributed by atoms with Crippen molar-refractivity contribution in [2.45, 2.75) is 18.9 Å². The predicted molar refractivity (Wildman–Crippen MR) is 66.6 cm³/mol. The van der Waals surface area contributed by atoms with Gasteiger partial charge in [0.1, 0.15) is 6.10 Å². The number of rotatable bonds is 2. The number of hydrogen-bond acceptors (Lipinski definition) is 4. The first kappa shape index (κ1) is 11.7. The van der Waals surface area contributed by atoms with Gasteiger partial charge in [0.15, 0.2) is 0 Å². The summed E-state index contributed by atoms with van der Waals surface area (Å²) >= 11 is 6.21. The molecule has 3 rings (SSSR count). The maximum absolute atomic E-state index is 12.0. The summed E-state index contributed by atoms with van der Waals surface area (Å²) in [7, 11) is 0. The van der Waals surface area contributed by atoms with Gasteiger partial charge in [-0.1, -0.05) is 23.8 Å². The number of ether oxygens (including phenoxy) is 2. The molecule has 5 heteroatoms. The second-order valence-corrected chi connectivity index (χ2v) is 4.72. The van der Waals surface area contributed by atoms with Crippen LogP contribution in [0.3, 0.4) is 0 Å². The molecule has 1 aliphatic heterocycles. The minimum atomic E-state index is -0.425. The molecule has 2 aliphatic rings. The number of pyridine rings is 1.